The molecule has 3 rings (SSSR count). The highest BCUT2D eigenvalue weighted by Gasteiger charge is 2.21. The van der Waals surface area contributed by atoms with Crippen molar-refractivity contribution in [3.8, 4) is 0 Å². The molecule has 1 atom stereocenters. The molecule has 0 amide bonds. The molecule has 0 fully saturated rings. The number of hydrogen-bond acceptors (Lipinski definition) is 4. The van der Waals surface area contributed by atoms with Crippen molar-refractivity contribution in [2.24, 2.45) is 12.9 Å². The summed E-state index contributed by atoms with van der Waals surface area (Å²) in [6.07, 6.45) is 1.82. The molecule has 20 heavy (non-hydrogen) atoms. The summed E-state index contributed by atoms with van der Waals surface area (Å²) < 4.78 is 7.74. The Kier molecular flexibility index (Phi) is 3.08. The summed E-state index contributed by atoms with van der Waals surface area (Å²) in [6, 6.07) is 7.95. The highest BCUT2D eigenvalue weighted by molar-refractivity contribution is 5.79. The van der Waals surface area contributed by atoms with Crippen molar-refractivity contribution < 1.29 is 4.42 Å². The lowest BCUT2D eigenvalue weighted by atomic mass is 10.1. The molecular weight excluding hydrogens is 252 g/mol. The van der Waals surface area contributed by atoms with Crippen LogP contribution < -0.4 is 11.3 Å². The van der Waals surface area contributed by atoms with Crippen LogP contribution in [0.15, 0.2) is 34.9 Å². The third-order valence-electron chi connectivity index (χ3n) is 3.73. The number of nitrogens with one attached hydrogen (secondary N) is 1. The first-order valence-corrected chi connectivity index (χ1v) is 6.55. The predicted octanol–water partition coefficient (Wildman–Crippen LogP) is 2.34. The Labute approximate surface area is 117 Å². The molecule has 1 unspecified atom stereocenters. The Morgan fingerprint density at radius 1 is 1.30 bits per heavy atom. The van der Waals surface area contributed by atoms with Crippen LogP contribution in [0.4, 0.5) is 0 Å². The molecule has 2 aromatic heterocycles. The van der Waals surface area contributed by atoms with Crippen molar-refractivity contribution in [2.45, 2.75) is 19.9 Å². The van der Waals surface area contributed by atoms with Crippen LogP contribution in [0, 0.1) is 13.8 Å². The fourth-order valence-electron chi connectivity index (χ4n) is 2.45. The van der Waals surface area contributed by atoms with Gasteiger partial charge in [0.2, 0.25) is 0 Å². The SMILES string of the molecule is Cc1ccc2oc(C(NN)c3cnn(C)c3C)cc2c1. The zero-order chi connectivity index (χ0) is 14.3. The molecule has 5 heteroatoms. The summed E-state index contributed by atoms with van der Waals surface area (Å²) in [5.41, 5.74) is 6.97. The van der Waals surface area contributed by atoms with Crippen LogP contribution >= 0.6 is 0 Å². The van der Waals surface area contributed by atoms with Gasteiger partial charge in [-0.25, -0.2) is 5.43 Å². The second-order valence-electron chi connectivity index (χ2n) is 5.10. The van der Waals surface area contributed by atoms with Crippen LogP contribution in [0.2, 0.25) is 0 Å². The van der Waals surface area contributed by atoms with E-state index in [9.17, 15) is 0 Å². The molecule has 3 N–H and O–H groups in total. The number of furan rings is 1. The first-order chi connectivity index (χ1) is 9.60. The minimum Gasteiger partial charge on any atom is -0.459 e. The maximum absolute atomic E-state index is 5.92. The standard InChI is InChI=1S/C15H18N4O/c1-9-4-5-13-11(6-9)7-14(20-13)15(18-16)12-8-17-19(3)10(12)2/h4-8,15,18H,16H2,1-3H3. The van der Waals surface area contributed by atoms with Crippen LogP contribution in [-0.2, 0) is 7.05 Å². The van der Waals surface area contributed by atoms with Crippen molar-refractivity contribution in [3.63, 3.8) is 0 Å². The molecule has 0 bridgehead atoms. The highest BCUT2D eigenvalue weighted by Crippen LogP contribution is 2.29. The lowest BCUT2D eigenvalue weighted by Crippen LogP contribution is -2.28. The first-order valence-electron chi connectivity index (χ1n) is 6.55. The quantitative estimate of drug-likeness (QED) is 0.566. The fourth-order valence-corrected chi connectivity index (χ4v) is 2.45. The van der Waals surface area contributed by atoms with Crippen molar-refractivity contribution in [3.05, 3.63) is 53.0 Å². The molecule has 0 aliphatic rings. The Morgan fingerprint density at radius 3 is 2.75 bits per heavy atom. The summed E-state index contributed by atoms with van der Waals surface area (Å²) in [4.78, 5) is 0. The van der Waals surface area contributed by atoms with Crippen LogP contribution in [0.3, 0.4) is 0 Å². The summed E-state index contributed by atoms with van der Waals surface area (Å²) in [6.45, 7) is 4.08. The molecular formula is C15H18N4O. The zero-order valence-electron chi connectivity index (χ0n) is 11.8. The van der Waals surface area contributed by atoms with E-state index in [1.165, 1.54) is 5.56 Å². The largest absolute Gasteiger partial charge is 0.459 e. The highest BCUT2D eigenvalue weighted by atomic mass is 16.3. The second-order valence-corrected chi connectivity index (χ2v) is 5.10. The maximum atomic E-state index is 5.92. The minimum absolute atomic E-state index is 0.198. The molecule has 0 spiro atoms. The van der Waals surface area contributed by atoms with E-state index in [1.807, 2.05) is 43.0 Å². The van der Waals surface area contributed by atoms with Gasteiger partial charge in [0, 0.05) is 23.7 Å². The molecule has 0 saturated carbocycles. The van der Waals surface area contributed by atoms with Crippen molar-refractivity contribution in [1.29, 1.82) is 0 Å². The average Bonchev–Trinajstić information content (AvgIpc) is 2.97. The number of nitrogens with zero attached hydrogens (tertiary/aromatic N) is 2. The van der Waals surface area contributed by atoms with Gasteiger partial charge in [-0.1, -0.05) is 11.6 Å². The molecule has 0 saturated heterocycles. The third kappa shape index (κ3) is 2.01. The molecule has 0 aliphatic carbocycles. The number of hydrazine groups is 1. The molecule has 0 radical (unpaired) electrons. The number of nitrogens with two attached hydrogens (primary N) is 1. The van der Waals surface area contributed by atoms with Gasteiger partial charge in [-0.2, -0.15) is 5.10 Å². The van der Waals surface area contributed by atoms with Crippen LogP contribution in [0.5, 0.6) is 0 Å². The second kappa shape index (κ2) is 4.77. The topological polar surface area (TPSA) is 69.0 Å². The van der Waals surface area contributed by atoms with Crippen molar-refractivity contribution in [1.82, 2.24) is 15.2 Å². The van der Waals surface area contributed by atoms with E-state index < -0.39 is 0 Å². The van der Waals surface area contributed by atoms with E-state index in [0.29, 0.717) is 0 Å². The Balaban J connectivity index is 2.09. The van der Waals surface area contributed by atoms with E-state index in [-0.39, 0.29) is 6.04 Å². The number of aryl methyl sites for hydroxylation is 2. The smallest absolute Gasteiger partial charge is 0.134 e. The van der Waals surface area contributed by atoms with E-state index >= 15 is 0 Å². The number of hydrogen-bond donors (Lipinski definition) is 2. The van der Waals surface area contributed by atoms with Gasteiger partial charge in [0.05, 0.1) is 6.20 Å². The van der Waals surface area contributed by atoms with Gasteiger partial charge in [0.15, 0.2) is 0 Å². The van der Waals surface area contributed by atoms with Crippen molar-refractivity contribution >= 4 is 11.0 Å². The Hall–Kier alpha value is -2.11. The Morgan fingerprint density at radius 2 is 2.10 bits per heavy atom. The molecule has 3 aromatic rings. The molecule has 1 aromatic carbocycles. The van der Waals surface area contributed by atoms with Crippen LogP contribution in [0.25, 0.3) is 11.0 Å². The lowest BCUT2D eigenvalue weighted by Gasteiger charge is -2.12. The van der Waals surface area contributed by atoms with E-state index in [1.54, 1.807) is 0 Å². The maximum Gasteiger partial charge on any atom is 0.134 e. The number of fused-ring (bicyclic) bond motifs is 1. The van der Waals surface area contributed by atoms with Crippen molar-refractivity contribution in [2.75, 3.05) is 0 Å². The van der Waals surface area contributed by atoms with Crippen LogP contribution in [0.1, 0.15) is 28.6 Å². The van der Waals surface area contributed by atoms with Crippen LogP contribution in [-0.4, -0.2) is 9.78 Å². The van der Waals surface area contributed by atoms with Gasteiger partial charge in [-0.15, -0.1) is 0 Å². The summed E-state index contributed by atoms with van der Waals surface area (Å²) in [7, 11) is 1.91. The molecule has 0 aliphatic heterocycles. The summed E-state index contributed by atoms with van der Waals surface area (Å²) in [5, 5.41) is 5.34. The summed E-state index contributed by atoms with van der Waals surface area (Å²) >= 11 is 0. The fraction of sp³-hybridized carbons (Fsp3) is 0.267. The molecule has 2 heterocycles. The molecule has 104 valence electrons. The van der Waals surface area contributed by atoms with Gasteiger partial charge < -0.3 is 4.42 Å². The number of rotatable bonds is 3. The van der Waals surface area contributed by atoms with E-state index in [0.717, 1.165) is 28.0 Å². The zero-order valence-corrected chi connectivity index (χ0v) is 11.8. The monoisotopic (exact) mass is 270 g/mol. The molecule has 5 nitrogen and oxygen atoms in total. The van der Waals surface area contributed by atoms with Gasteiger partial charge in [0.1, 0.15) is 17.4 Å². The number of benzene rings is 1. The van der Waals surface area contributed by atoms with Gasteiger partial charge in [-0.3, -0.25) is 10.5 Å². The lowest BCUT2D eigenvalue weighted by molar-refractivity contribution is 0.476. The van der Waals surface area contributed by atoms with E-state index in [4.69, 9.17) is 10.3 Å². The predicted molar refractivity (Wildman–Crippen MR) is 78.1 cm³/mol. The van der Waals surface area contributed by atoms with E-state index in [2.05, 4.69) is 23.5 Å². The van der Waals surface area contributed by atoms with Gasteiger partial charge in [-0.05, 0) is 32.0 Å². The Bertz CT molecular complexity index is 756. The van der Waals surface area contributed by atoms with Gasteiger partial charge >= 0.3 is 0 Å². The minimum atomic E-state index is -0.198. The first kappa shape index (κ1) is 12.9. The number of aromatic nitrogens is 2. The third-order valence-corrected chi connectivity index (χ3v) is 3.73. The normalized spacial score (nSPS) is 13.0. The van der Waals surface area contributed by atoms with Gasteiger partial charge in [0.25, 0.3) is 0 Å². The summed E-state index contributed by atoms with van der Waals surface area (Å²) in [5.74, 6) is 6.52. The average molecular weight is 270 g/mol.